The number of hydrogen-bond acceptors (Lipinski definition) is 8. The van der Waals surface area contributed by atoms with Crippen LogP contribution in [0.5, 0.6) is 17.2 Å². The van der Waals surface area contributed by atoms with Crippen molar-refractivity contribution in [1.29, 1.82) is 0 Å². The van der Waals surface area contributed by atoms with E-state index in [0.717, 1.165) is 48.1 Å². The lowest BCUT2D eigenvalue weighted by atomic mass is 9.95. The molecule has 3 N–H and O–H groups in total. The Morgan fingerprint density at radius 1 is 0.932 bits per heavy atom. The lowest BCUT2D eigenvalue weighted by Crippen LogP contribution is -2.45. The lowest BCUT2D eigenvalue weighted by molar-refractivity contribution is -0.123. The normalized spacial score (nSPS) is 17.4. The molecular formula is C34H47N3O6S. The first-order valence-corrected chi connectivity index (χ1v) is 17.0. The summed E-state index contributed by atoms with van der Waals surface area (Å²) in [5.74, 6) is 2.01. The van der Waals surface area contributed by atoms with E-state index in [4.69, 9.17) is 14.2 Å². The minimum absolute atomic E-state index is 0.0722. The van der Waals surface area contributed by atoms with Gasteiger partial charge in [-0.1, -0.05) is 38.2 Å². The van der Waals surface area contributed by atoms with Crippen LogP contribution in [0.25, 0.3) is 11.1 Å². The van der Waals surface area contributed by atoms with Crippen molar-refractivity contribution in [2.24, 2.45) is 0 Å². The molecule has 1 saturated carbocycles. The highest BCUT2D eigenvalue weighted by Crippen LogP contribution is 2.50. The van der Waals surface area contributed by atoms with Gasteiger partial charge < -0.3 is 30.2 Å². The maximum atomic E-state index is 13.8. The largest absolute Gasteiger partial charge is 0.493 e. The maximum Gasteiger partial charge on any atom is 0.242 e. The summed E-state index contributed by atoms with van der Waals surface area (Å²) in [4.78, 5) is 39.7. The molecule has 0 aliphatic heterocycles. The van der Waals surface area contributed by atoms with Crippen LogP contribution in [-0.4, -0.2) is 57.2 Å². The Kier molecular flexibility index (Phi) is 12.2. The highest BCUT2D eigenvalue weighted by atomic mass is 32.2. The Hall–Kier alpha value is -3.40. The SMILES string of the molecule is COc1cc2c(c(OC)c1OC)-c1ccc(NC(CCSC)C(=O)NC3CCCCCCC3)c(=O)cc1C(NC(C)=O)CC2. The van der Waals surface area contributed by atoms with Crippen LogP contribution in [0.3, 0.4) is 0 Å². The Balaban J connectivity index is 1.78. The number of rotatable bonds is 11. The zero-order valence-corrected chi connectivity index (χ0v) is 27.5. The summed E-state index contributed by atoms with van der Waals surface area (Å²) in [7, 11) is 4.72. The fourth-order valence-electron chi connectivity index (χ4n) is 6.42. The van der Waals surface area contributed by atoms with Crippen LogP contribution < -0.4 is 35.6 Å². The molecule has 4 rings (SSSR count). The number of anilines is 1. The molecule has 2 aromatic carbocycles. The first-order valence-electron chi connectivity index (χ1n) is 15.6. The van der Waals surface area contributed by atoms with Crippen molar-refractivity contribution in [3.63, 3.8) is 0 Å². The monoisotopic (exact) mass is 625 g/mol. The molecule has 1 fully saturated rings. The molecule has 0 spiro atoms. The van der Waals surface area contributed by atoms with Crippen molar-refractivity contribution in [3.8, 4) is 28.4 Å². The lowest BCUT2D eigenvalue weighted by Gasteiger charge is -2.25. The van der Waals surface area contributed by atoms with Crippen molar-refractivity contribution in [2.75, 3.05) is 38.7 Å². The van der Waals surface area contributed by atoms with E-state index in [0.29, 0.717) is 47.8 Å². The molecule has 2 aliphatic rings. The van der Waals surface area contributed by atoms with E-state index in [2.05, 4.69) is 16.0 Å². The second kappa shape index (κ2) is 16.1. The average molecular weight is 626 g/mol. The first kappa shape index (κ1) is 33.5. The smallest absolute Gasteiger partial charge is 0.242 e. The molecule has 0 radical (unpaired) electrons. The number of amides is 2. The number of hydrogen-bond donors (Lipinski definition) is 3. The minimum atomic E-state index is -0.555. The Labute approximate surface area is 265 Å². The second-order valence-corrected chi connectivity index (χ2v) is 12.6. The molecule has 2 atom stereocenters. The third-order valence-electron chi connectivity index (χ3n) is 8.62. The van der Waals surface area contributed by atoms with Crippen molar-refractivity contribution in [1.82, 2.24) is 10.6 Å². The van der Waals surface area contributed by atoms with Gasteiger partial charge in [0, 0.05) is 18.5 Å². The minimum Gasteiger partial charge on any atom is -0.493 e. The van der Waals surface area contributed by atoms with Crippen LogP contribution in [0.1, 0.15) is 81.9 Å². The predicted octanol–water partition coefficient (Wildman–Crippen LogP) is 5.63. The van der Waals surface area contributed by atoms with Crippen molar-refractivity contribution >= 4 is 29.3 Å². The number of nitrogens with one attached hydrogen (secondary N) is 3. The average Bonchev–Trinajstić information content (AvgIpc) is 3.23. The van der Waals surface area contributed by atoms with Crippen molar-refractivity contribution < 1.29 is 23.8 Å². The number of methoxy groups -OCH3 is 3. The van der Waals surface area contributed by atoms with Gasteiger partial charge in [-0.3, -0.25) is 14.4 Å². The maximum absolute atomic E-state index is 13.8. The molecular weight excluding hydrogens is 578 g/mol. The Bertz CT molecular complexity index is 1380. The quantitative estimate of drug-likeness (QED) is 0.295. The van der Waals surface area contributed by atoms with Crippen LogP contribution in [0.15, 0.2) is 29.1 Å². The standard InChI is InChI=1S/C34H47N3O6S/c1-21(38)35-26-15-13-22-19-30(41-2)32(42-3)33(43-4)31(22)24-14-16-27(29(39)20-25(24)26)37-28(17-18-44-5)34(40)36-23-11-9-7-6-8-10-12-23/h14,16,19-20,23,26,28H,6-13,15,17-18H2,1-5H3,(H,35,38)(H,36,40)(H,37,39). The van der Waals surface area contributed by atoms with E-state index < -0.39 is 12.1 Å². The van der Waals surface area contributed by atoms with Crippen LogP contribution in [-0.2, 0) is 16.0 Å². The van der Waals surface area contributed by atoms with Gasteiger partial charge in [0.2, 0.25) is 23.0 Å². The van der Waals surface area contributed by atoms with Gasteiger partial charge in [-0.2, -0.15) is 11.8 Å². The van der Waals surface area contributed by atoms with Gasteiger partial charge in [0.15, 0.2) is 11.5 Å². The summed E-state index contributed by atoms with van der Waals surface area (Å²) in [5.41, 5.74) is 3.26. The number of thioether (sulfide) groups is 1. The fourth-order valence-corrected chi connectivity index (χ4v) is 6.89. The van der Waals surface area contributed by atoms with Gasteiger partial charge in [-0.25, -0.2) is 0 Å². The number of carbonyl (C=O) groups is 2. The molecule has 0 aromatic heterocycles. The zero-order chi connectivity index (χ0) is 31.6. The number of fused-ring (bicyclic) bond motifs is 3. The van der Waals surface area contributed by atoms with Crippen LogP contribution in [0.2, 0.25) is 0 Å². The van der Waals surface area contributed by atoms with Crippen molar-refractivity contribution in [3.05, 3.63) is 45.6 Å². The van der Waals surface area contributed by atoms with Crippen LogP contribution in [0, 0.1) is 0 Å². The van der Waals surface area contributed by atoms with E-state index in [9.17, 15) is 14.4 Å². The molecule has 0 heterocycles. The van der Waals surface area contributed by atoms with Crippen LogP contribution in [0.4, 0.5) is 5.69 Å². The zero-order valence-electron chi connectivity index (χ0n) is 26.7. The molecule has 2 aromatic rings. The highest BCUT2D eigenvalue weighted by Gasteiger charge is 2.30. The van der Waals surface area contributed by atoms with E-state index >= 15 is 0 Å². The third kappa shape index (κ3) is 8.00. The Morgan fingerprint density at radius 2 is 1.64 bits per heavy atom. The molecule has 0 saturated heterocycles. The molecule has 2 amide bonds. The topological polar surface area (TPSA) is 115 Å². The first-order chi connectivity index (χ1) is 21.3. The van der Waals surface area contributed by atoms with E-state index in [1.165, 1.54) is 26.2 Å². The summed E-state index contributed by atoms with van der Waals surface area (Å²) >= 11 is 1.67. The van der Waals surface area contributed by atoms with Gasteiger partial charge in [0.05, 0.1) is 33.1 Å². The molecule has 2 aliphatic carbocycles. The number of aryl methyl sites for hydroxylation is 1. The summed E-state index contributed by atoms with van der Waals surface area (Å²) in [6.07, 6.45) is 11.7. The van der Waals surface area contributed by atoms with Crippen LogP contribution >= 0.6 is 11.8 Å². The summed E-state index contributed by atoms with van der Waals surface area (Å²) in [6.45, 7) is 1.48. The summed E-state index contributed by atoms with van der Waals surface area (Å²) in [5, 5.41) is 9.63. The third-order valence-corrected chi connectivity index (χ3v) is 9.27. The van der Waals surface area contributed by atoms with Gasteiger partial charge in [-0.15, -0.1) is 0 Å². The van der Waals surface area contributed by atoms with E-state index in [1.807, 2.05) is 18.4 Å². The predicted molar refractivity (Wildman–Crippen MR) is 177 cm³/mol. The fraction of sp³-hybridized carbons (Fsp3) is 0.559. The molecule has 0 bridgehead atoms. The van der Waals surface area contributed by atoms with Gasteiger partial charge in [-0.05, 0) is 79.0 Å². The number of carbonyl (C=O) groups excluding carboxylic acids is 2. The highest BCUT2D eigenvalue weighted by molar-refractivity contribution is 7.98. The van der Waals surface area contributed by atoms with E-state index in [-0.39, 0.29) is 23.3 Å². The molecule has 240 valence electrons. The molecule has 10 heteroatoms. The number of benzene rings is 1. The molecule has 44 heavy (non-hydrogen) atoms. The molecule has 9 nitrogen and oxygen atoms in total. The summed E-state index contributed by atoms with van der Waals surface area (Å²) < 4.78 is 17.2. The van der Waals surface area contributed by atoms with Gasteiger partial charge in [0.25, 0.3) is 0 Å². The van der Waals surface area contributed by atoms with Gasteiger partial charge >= 0.3 is 0 Å². The van der Waals surface area contributed by atoms with E-state index in [1.54, 1.807) is 45.2 Å². The second-order valence-electron chi connectivity index (χ2n) is 11.6. The number of ether oxygens (including phenoxy) is 3. The Morgan fingerprint density at radius 3 is 2.27 bits per heavy atom. The molecule has 2 unspecified atom stereocenters. The summed E-state index contributed by atoms with van der Waals surface area (Å²) in [6, 6.07) is 6.34. The van der Waals surface area contributed by atoms with Crippen molar-refractivity contribution in [2.45, 2.75) is 89.3 Å². The van der Waals surface area contributed by atoms with Gasteiger partial charge in [0.1, 0.15) is 6.04 Å².